The molecule has 2 atom stereocenters. The Morgan fingerprint density at radius 3 is 2.06 bits per heavy atom. The van der Waals surface area contributed by atoms with Crippen LogP contribution in [0, 0.1) is 11.8 Å². The first-order valence-electron chi connectivity index (χ1n) is 6.23. The van der Waals surface area contributed by atoms with Gasteiger partial charge in [0.1, 0.15) is 0 Å². The van der Waals surface area contributed by atoms with Gasteiger partial charge in [0.05, 0.1) is 11.0 Å². The van der Waals surface area contributed by atoms with E-state index in [9.17, 15) is 8.42 Å². The van der Waals surface area contributed by atoms with E-state index < -0.39 is 9.84 Å². The minimum absolute atomic E-state index is 0.247. The molecule has 2 unspecified atom stereocenters. The van der Waals surface area contributed by atoms with Gasteiger partial charge in [0.15, 0.2) is 9.84 Å². The van der Waals surface area contributed by atoms with E-state index in [1.165, 1.54) is 0 Å². The van der Waals surface area contributed by atoms with E-state index in [0.717, 1.165) is 19.5 Å². The molecule has 0 aliphatic heterocycles. The molecule has 3 nitrogen and oxygen atoms in total. The molecule has 0 bridgehead atoms. The second-order valence-corrected chi connectivity index (χ2v) is 7.64. The van der Waals surface area contributed by atoms with Crippen LogP contribution in [0.25, 0.3) is 0 Å². The number of rotatable bonds is 8. The van der Waals surface area contributed by atoms with E-state index in [2.05, 4.69) is 26.1 Å². The van der Waals surface area contributed by atoms with Crippen molar-refractivity contribution in [3.8, 4) is 0 Å². The summed E-state index contributed by atoms with van der Waals surface area (Å²) < 4.78 is 23.3. The summed E-state index contributed by atoms with van der Waals surface area (Å²) in [6, 6.07) is 0. The zero-order valence-corrected chi connectivity index (χ0v) is 12.1. The van der Waals surface area contributed by atoms with E-state index >= 15 is 0 Å². The molecule has 0 heterocycles. The Morgan fingerprint density at radius 2 is 1.62 bits per heavy atom. The van der Waals surface area contributed by atoms with Gasteiger partial charge in [0, 0.05) is 0 Å². The quantitative estimate of drug-likeness (QED) is 0.716. The molecule has 0 aromatic carbocycles. The molecule has 0 saturated carbocycles. The molecule has 0 aliphatic rings. The van der Waals surface area contributed by atoms with E-state index in [-0.39, 0.29) is 5.25 Å². The van der Waals surface area contributed by atoms with Gasteiger partial charge in [-0.1, -0.05) is 20.8 Å². The van der Waals surface area contributed by atoms with Crippen LogP contribution in [-0.4, -0.2) is 32.5 Å². The highest BCUT2D eigenvalue weighted by Crippen LogP contribution is 2.16. The fourth-order valence-electron chi connectivity index (χ4n) is 1.44. The molecule has 0 aromatic heterocycles. The van der Waals surface area contributed by atoms with Gasteiger partial charge in [-0.25, -0.2) is 8.42 Å². The van der Waals surface area contributed by atoms with Crippen LogP contribution in [-0.2, 0) is 9.84 Å². The lowest BCUT2D eigenvalue weighted by molar-refractivity contribution is 0.361. The van der Waals surface area contributed by atoms with Gasteiger partial charge in [-0.2, -0.15) is 0 Å². The summed E-state index contributed by atoms with van der Waals surface area (Å²) in [6.07, 6.45) is 0.771. The molecule has 1 N–H and O–H groups in total. The molecule has 98 valence electrons. The Balaban J connectivity index is 4.02. The van der Waals surface area contributed by atoms with Gasteiger partial charge >= 0.3 is 0 Å². The Labute approximate surface area is 101 Å². The predicted molar refractivity (Wildman–Crippen MR) is 70.4 cm³/mol. The third-order valence-corrected chi connectivity index (χ3v) is 5.50. The summed E-state index contributed by atoms with van der Waals surface area (Å²) in [5.74, 6) is 1.30. The van der Waals surface area contributed by atoms with Crippen LogP contribution in [0.4, 0.5) is 0 Å². The standard InChI is InChI=1S/C12H27NO2S/c1-6-13-9-12(5)11(4)7-8-16(14,15)10(2)3/h10-13H,6-9H2,1-5H3. The van der Waals surface area contributed by atoms with Gasteiger partial charge in [-0.05, 0) is 45.2 Å². The van der Waals surface area contributed by atoms with Crippen molar-refractivity contribution in [2.75, 3.05) is 18.8 Å². The van der Waals surface area contributed by atoms with Crippen molar-refractivity contribution in [1.82, 2.24) is 5.32 Å². The summed E-state index contributed by atoms with van der Waals surface area (Å²) in [4.78, 5) is 0. The van der Waals surface area contributed by atoms with Crippen molar-refractivity contribution < 1.29 is 8.42 Å². The summed E-state index contributed by atoms with van der Waals surface area (Å²) in [6.45, 7) is 11.8. The summed E-state index contributed by atoms with van der Waals surface area (Å²) in [5.41, 5.74) is 0. The van der Waals surface area contributed by atoms with Gasteiger partial charge in [0.25, 0.3) is 0 Å². The molecule has 0 fully saturated rings. The number of nitrogens with one attached hydrogen (secondary N) is 1. The van der Waals surface area contributed by atoms with Crippen molar-refractivity contribution in [3.05, 3.63) is 0 Å². The third kappa shape index (κ3) is 5.85. The maximum absolute atomic E-state index is 11.7. The predicted octanol–water partition coefficient (Wildman–Crippen LogP) is 2.08. The van der Waals surface area contributed by atoms with E-state index in [1.807, 2.05) is 0 Å². The van der Waals surface area contributed by atoms with E-state index in [1.54, 1.807) is 13.8 Å². The SMILES string of the molecule is CCNCC(C)C(C)CCS(=O)(=O)C(C)C. The van der Waals surface area contributed by atoms with Crippen LogP contribution in [0.2, 0.25) is 0 Å². The first kappa shape index (κ1) is 15.9. The highest BCUT2D eigenvalue weighted by molar-refractivity contribution is 7.91. The lowest BCUT2D eigenvalue weighted by atomic mass is 9.93. The van der Waals surface area contributed by atoms with Crippen LogP contribution in [0.3, 0.4) is 0 Å². The van der Waals surface area contributed by atoms with E-state index in [0.29, 0.717) is 17.6 Å². The Kier molecular flexibility index (Phi) is 7.24. The van der Waals surface area contributed by atoms with Crippen molar-refractivity contribution in [3.63, 3.8) is 0 Å². The van der Waals surface area contributed by atoms with Gasteiger partial charge in [0.2, 0.25) is 0 Å². The van der Waals surface area contributed by atoms with Crippen molar-refractivity contribution >= 4 is 9.84 Å². The number of hydrogen-bond acceptors (Lipinski definition) is 3. The zero-order chi connectivity index (χ0) is 12.8. The number of sulfone groups is 1. The zero-order valence-electron chi connectivity index (χ0n) is 11.3. The van der Waals surface area contributed by atoms with Crippen molar-refractivity contribution in [2.24, 2.45) is 11.8 Å². The highest BCUT2D eigenvalue weighted by atomic mass is 32.2. The average molecular weight is 249 g/mol. The van der Waals surface area contributed by atoms with Crippen molar-refractivity contribution in [1.29, 1.82) is 0 Å². The van der Waals surface area contributed by atoms with Gasteiger partial charge in [-0.3, -0.25) is 0 Å². The Bertz CT molecular complexity index is 273. The molecule has 0 rings (SSSR count). The molecule has 0 radical (unpaired) electrons. The van der Waals surface area contributed by atoms with Crippen LogP contribution >= 0.6 is 0 Å². The van der Waals surface area contributed by atoms with Gasteiger partial charge < -0.3 is 5.32 Å². The smallest absolute Gasteiger partial charge is 0.152 e. The van der Waals surface area contributed by atoms with Crippen LogP contribution < -0.4 is 5.32 Å². The topological polar surface area (TPSA) is 46.2 Å². The first-order chi connectivity index (χ1) is 7.31. The lowest BCUT2D eigenvalue weighted by Crippen LogP contribution is -2.27. The number of hydrogen-bond donors (Lipinski definition) is 1. The van der Waals surface area contributed by atoms with Crippen LogP contribution in [0.5, 0.6) is 0 Å². The molecular formula is C12H27NO2S. The molecule has 16 heavy (non-hydrogen) atoms. The molecule has 0 amide bonds. The second-order valence-electron chi connectivity index (χ2n) is 4.97. The molecule has 0 aliphatic carbocycles. The van der Waals surface area contributed by atoms with Crippen LogP contribution in [0.1, 0.15) is 41.0 Å². The first-order valence-corrected chi connectivity index (χ1v) is 7.95. The minimum Gasteiger partial charge on any atom is -0.317 e. The maximum atomic E-state index is 11.7. The largest absolute Gasteiger partial charge is 0.317 e. The van der Waals surface area contributed by atoms with Crippen molar-refractivity contribution in [2.45, 2.75) is 46.3 Å². The fourth-order valence-corrected chi connectivity index (χ4v) is 2.62. The third-order valence-electron chi connectivity index (χ3n) is 3.26. The summed E-state index contributed by atoms with van der Waals surface area (Å²) >= 11 is 0. The Morgan fingerprint density at radius 1 is 1.06 bits per heavy atom. The van der Waals surface area contributed by atoms with E-state index in [4.69, 9.17) is 0 Å². The normalized spacial score (nSPS) is 16.4. The Hall–Kier alpha value is -0.0900. The molecular weight excluding hydrogens is 222 g/mol. The molecule has 4 heteroatoms. The lowest BCUT2D eigenvalue weighted by Gasteiger charge is -2.20. The van der Waals surface area contributed by atoms with Gasteiger partial charge in [-0.15, -0.1) is 0 Å². The average Bonchev–Trinajstić information content (AvgIpc) is 2.22. The molecule has 0 saturated heterocycles. The minimum atomic E-state index is -2.87. The summed E-state index contributed by atoms with van der Waals surface area (Å²) in [7, 11) is -2.87. The maximum Gasteiger partial charge on any atom is 0.152 e. The molecule has 0 spiro atoms. The van der Waals surface area contributed by atoms with Crippen LogP contribution in [0.15, 0.2) is 0 Å². The fraction of sp³-hybridized carbons (Fsp3) is 1.00. The highest BCUT2D eigenvalue weighted by Gasteiger charge is 2.19. The molecule has 0 aromatic rings. The second kappa shape index (κ2) is 7.28. The monoisotopic (exact) mass is 249 g/mol. The summed E-state index contributed by atoms with van der Waals surface area (Å²) in [5, 5.41) is 3.05.